The lowest BCUT2D eigenvalue weighted by molar-refractivity contribution is 0.296. The van der Waals surface area contributed by atoms with Gasteiger partial charge in [0.15, 0.2) is 0 Å². The number of halogens is 1. The van der Waals surface area contributed by atoms with Crippen molar-refractivity contribution in [2.75, 3.05) is 0 Å². The van der Waals surface area contributed by atoms with Crippen LogP contribution in [0.3, 0.4) is 0 Å². The molecule has 1 rings (SSSR count). The highest BCUT2D eigenvalue weighted by Crippen LogP contribution is 2.35. The van der Waals surface area contributed by atoms with Gasteiger partial charge in [0, 0.05) is 5.92 Å². The second-order valence-corrected chi connectivity index (χ2v) is 4.69. The van der Waals surface area contributed by atoms with Crippen LogP contribution in [0.25, 0.3) is 0 Å². The molecule has 0 spiro atoms. The van der Waals surface area contributed by atoms with Gasteiger partial charge in [-0.3, -0.25) is 0 Å². The van der Waals surface area contributed by atoms with Crippen molar-refractivity contribution in [3.63, 3.8) is 0 Å². The number of furan rings is 1. The average Bonchev–Trinajstić information content (AvgIpc) is 2.32. The van der Waals surface area contributed by atoms with E-state index in [0.29, 0.717) is 10.9 Å². The minimum atomic E-state index is 0.223. The molecule has 1 aromatic rings. The largest absolute Gasteiger partial charge is 0.467 e. The van der Waals surface area contributed by atoms with Gasteiger partial charge < -0.3 is 4.42 Å². The predicted octanol–water partition coefficient (Wildman–Crippen LogP) is 4.08. The van der Waals surface area contributed by atoms with E-state index >= 15 is 0 Å². The summed E-state index contributed by atoms with van der Waals surface area (Å²) in [5, 5.41) is 0.682. The zero-order valence-electron chi connectivity index (χ0n) is 8.02. The van der Waals surface area contributed by atoms with E-state index in [1.54, 1.807) is 6.26 Å². The summed E-state index contributed by atoms with van der Waals surface area (Å²) in [6.45, 7) is 8.71. The van der Waals surface area contributed by atoms with Crippen molar-refractivity contribution >= 4 is 11.6 Å². The Morgan fingerprint density at radius 1 is 1.42 bits per heavy atom. The molecule has 0 aliphatic carbocycles. The Balaban J connectivity index is 2.85. The topological polar surface area (TPSA) is 13.1 Å². The Kier molecular flexibility index (Phi) is 2.52. The van der Waals surface area contributed by atoms with Gasteiger partial charge in [0.1, 0.15) is 12.0 Å². The van der Waals surface area contributed by atoms with Crippen molar-refractivity contribution in [3.05, 3.63) is 23.1 Å². The Morgan fingerprint density at radius 3 is 2.33 bits per heavy atom. The van der Waals surface area contributed by atoms with E-state index < -0.39 is 0 Å². The summed E-state index contributed by atoms with van der Waals surface area (Å²) in [7, 11) is 0. The maximum Gasteiger partial charge on any atom is 0.109 e. The van der Waals surface area contributed by atoms with Gasteiger partial charge in [-0.15, -0.1) is 0 Å². The number of rotatable bonds is 1. The standard InChI is InChI=1S/C10H15ClO/c1-7(10(2,3)4)9-5-8(11)6-12-9/h5-7H,1-4H3/t7-/m0/s1. The Labute approximate surface area is 78.7 Å². The van der Waals surface area contributed by atoms with Crippen LogP contribution >= 0.6 is 11.6 Å². The van der Waals surface area contributed by atoms with Crippen molar-refractivity contribution in [2.24, 2.45) is 5.41 Å². The molecule has 1 heterocycles. The minimum Gasteiger partial charge on any atom is -0.467 e. The number of hydrogen-bond acceptors (Lipinski definition) is 1. The first-order chi connectivity index (χ1) is 5.41. The second-order valence-electron chi connectivity index (χ2n) is 4.26. The van der Waals surface area contributed by atoms with Crippen molar-refractivity contribution in [1.82, 2.24) is 0 Å². The average molecular weight is 187 g/mol. The smallest absolute Gasteiger partial charge is 0.109 e. The zero-order chi connectivity index (χ0) is 9.35. The van der Waals surface area contributed by atoms with Gasteiger partial charge in [-0.1, -0.05) is 39.3 Å². The van der Waals surface area contributed by atoms with Crippen LogP contribution in [0.4, 0.5) is 0 Å². The summed E-state index contributed by atoms with van der Waals surface area (Å²) in [4.78, 5) is 0. The van der Waals surface area contributed by atoms with Crippen LogP contribution < -0.4 is 0 Å². The summed E-state index contributed by atoms with van der Waals surface area (Å²) in [6.07, 6.45) is 1.58. The maximum absolute atomic E-state index is 5.76. The molecule has 1 atom stereocenters. The minimum absolute atomic E-state index is 0.223. The molecule has 1 nitrogen and oxygen atoms in total. The van der Waals surface area contributed by atoms with E-state index in [4.69, 9.17) is 16.0 Å². The van der Waals surface area contributed by atoms with Gasteiger partial charge >= 0.3 is 0 Å². The van der Waals surface area contributed by atoms with Crippen LogP contribution in [0.1, 0.15) is 39.4 Å². The van der Waals surface area contributed by atoms with Crippen molar-refractivity contribution in [3.8, 4) is 0 Å². The molecule has 0 fully saturated rings. The van der Waals surface area contributed by atoms with Gasteiger partial charge in [0.25, 0.3) is 0 Å². The first-order valence-electron chi connectivity index (χ1n) is 4.15. The fourth-order valence-corrected chi connectivity index (χ4v) is 1.13. The Morgan fingerprint density at radius 2 is 2.00 bits per heavy atom. The third kappa shape index (κ3) is 2.04. The predicted molar refractivity (Wildman–Crippen MR) is 51.6 cm³/mol. The van der Waals surface area contributed by atoms with Crippen LogP contribution in [0, 0.1) is 5.41 Å². The molecule has 0 aromatic carbocycles. The van der Waals surface area contributed by atoms with Crippen LogP contribution in [-0.4, -0.2) is 0 Å². The van der Waals surface area contributed by atoms with Crippen molar-refractivity contribution in [1.29, 1.82) is 0 Å². The summed E-state index contributed by atoms with van der Waals surface area (Å²) in [5.74, 6) is 1.36. The molecular formula is C10H15ClO. The quantitative estimate of drug-likeness (QED) is 0.644. The molecule has 0 aliphatic heterocycles. The van der Waals surface area contributed by atoms with Gasteiger partial charge in [-0.05, 0) is 11.5 Å². The van der Waals surface area contributed by atoms with Crippen molar-refractivity contribution in [2.45, 2.75) is 33.6 Å². The van der Waals surface area contributed by atoms with Crippen LogP contribution in [0.5, 0.6) is 0 Å². The summed E-state index contributed by atoms with van der Waals surface area (Å²) in [5.41, 5.74) is 0.223. The zero-order valence-corrected chi connectivity index (χ0v) is 8.77. The Bertz CT molecular complexity index is 257. The lowest BCUT2D eigenvalue weighted by Gasteiger charge is -2.24. The van der Waals surface area contributed by atoms with Gasteiger partial charge in [-0.25, -0.2) is 0 Å². The van der Waals surface area contributed by atoms with E-state index in [0.717, 1.165) is 5.76 Å². The maximum atomic E-state index is 5.76. The van der Waals surface area contributed by atoms with E-state index in [1.165, 1.54) is 0 Å². The first-order valence-corrected chi connectivity index (χ1v) is 4.53. The van der Waals surface area contributed by atoms with Crippen LogP contribution in [-0.2, 0) is 0 Å². The SMILES string of the molecule is C[C@@H](c1cc(Cl)co1)C(C)(C)C. The van der Waals surface area contributed by atoms with E-state index in [9.17, 15) is 0 Å². The summed E-state index contributed by atoms with van der Waals surface area (Å²) >= 11 is 5.76. The fraction of sp³-hybridized carbons (Fsp3) is 0.600. The van der Waals surface area contributed by atoms with Crippen LogP contribution in [0.2, 0.25) is 5.02 Å². The van der Waals surface area contributed by atoms with E-state index in [1.807, 2.05) is 6.07 Å². The molecule has 68 valence electrons. The lowest BCUT2D eigenvalue weighted by atomic mass is 9.81. The van der Waals surface area contributed by atoms with E-state index in [2.05, 4.69) is 27.7 Å². The summed E-state index contributed by atoms with van der Waals surface area (Å²) < 4.78 is 5.32. The molecule has 0 unspecified atom stereocenters. The highest BCUT2D eigenvalue weighted by molar-refractivity contribution is 6.30. The molecule has 12 heavy (non-hydrogen) atoms. The lowest BCUT2D eigenvalue weighted by Crippen LogP contribution is -2.14. The van der Waals surface area contributed by atoms with Crippen LogP contribution in [0.15, 0.2) is 16.7 Å². The van der Waals surface area contributed by atoms with Crippen molar-refractivity contribution < 1.29 is 4.42 Å². The number of hydrogen-bond donors (Lipinski definition) is 0. The molecule has 0 saturated heterocycles. The second kappa shape index (κ2) is 3.14. The highest BCUT2D eigenvalue weighted by atomic mass is 35.5. The Hall–Kier alpha value is -0.430. The molecule has 2 heteroatoms. The van der Waals surface area contributed by atoms with E-state index in [-0.39, 0.29) is 5.41 Å². The molecule has 0 radical (unpaired) electrons. The molecular weight excluding hydrogens is 172 g/mol. The highest BCUT2D eigenvalue weighted by Gasteiger charge is 2.24. The first kappa shape index (κ1) is 9.66. The molecule has 0 amide bonds. The van der Waals surface area contributed by atoms with Gasteiger partial charge in [0.2, 0.25) is 0 Å². The molecule has 0 N–H and O–H groups in total. The molecule has 0 aliphatic rings. The molecule has 0 bridgehead atoms. The molecule has 0 saturated carbocycles. The third-order valence-electron chi connectivity index (χ3n) is 2.31. The van der Waals surface area contributed by atoms with Gasteiger partial charge in [-0.2, -0.15) is 0 Å². The normalized spacial score (nSPS) is 14.8. The summed E-state index contributed by atoms with van der Waals surface area (Å²) in [6, 6.07) is 1.89. The van der Waals surface area contributed by atoms with Gasteiger partial charge in [0.05, 0.1) is 5.02 Å². The monoisotopic (exact) mass is 186 g/mol. The molecule has 1 aromatic heterocycles. The third-order valence-corrected chi connectivity index (χ3v) is 2.51. The fourth-order valence-electron chi connectivity index (χ4n) is 0.982.